The molecule has 8 heteroatoms. The van der Waals surface area contributed by atoms with Gasteiger partial charge in [0.25, 0.3) is 0 Å². The number of esters is 1. The van der Waals surface area contributed by atoms with E-state index in [-0.39, 0.29) is 18.3 Å². The number of rotatable bonds is 12. The second kappa shape index (κ2) is 14.4. The first-order valence-corrected chi connectivity index (χ1v) is 12.4. The zero-order valence-electron chi connectivity index (χ0n) is 21.6. The Labute approximate surface area is 226 Å². The number of oxime groups is 1. The van der Waals surface area contributed by atoms with Crippen LogP contribution in [0.2, 0.25) is 0 Å². The maximum absolute atomic E-state index is 11.4. The quantitative estimate of drug-likeness (QED) is 0.0465. The van der Waals surface area contributed by atoms with Crippen molar-refractivity contribution in [3.63, 3.8) is 0 Å². The lowest BCUT2D eigenvalue weighted by molar-refractivity contribution is -0.139. The average Bonchev–Trinajstić information content (AvgIpc) is 3.76. The van der Waals surface area contributed by atoms with E-state index in [0.717, 1.165) is 33.2 Å². The minimum absolute atomic E-state index is 0.129. The second-order valence-corrected chi connectivity index (χ2v) is 8.85. The van der Waals surface area contributed by atoms with Crippen molar-refractivity contribution in [1.82, 2.24) is 0 Å². The van der Waals surface area contributed by atoms with Crippen molar-refractivity contribution >= 4 is 45.7 Å². The Bertz CT molecular complexity index is 1360. The number of benzene rings is 3. The molecule has 0 spiro atoms. The summed E-state index contributed by atoms with van der Waals surface area (Å²) >= 11 is 0. The number of carboxylic acids is 1. The van der Waals surface area contributed by atoms with Crippen molar-refractivity contribution in [1.29, 1.82) is 0 Å². The molecule has 39 heavy (non-hydrogen) atoms. The van der Waals surface area contributed by atoms with Gasteiger partial charge in [0.15, 0.2) is 0 Å². The van der Waals surface area contributed by atoms with Gasteiger partial charge in [-0.3, -0.25) is 0 Å². The number of carboxylic acid groups (broad SMARTS) is 1. The number of hydrogen-bond donors (Lipinski definition) is 1. The van der Waals surface area contributed by atoms with Gasteiger partial charge in [-0.25, -0.2) is 14.4 Å². The summed E-state index contributed by atoms with van der Waals surface area (Å²) < 4.78 is 9.99. The zero-order chi connectivity index (χ0) is 28.2. The van der Waals surface area contributed by atoms with Crippen LogP contribution < -0.4 is 0 Å². The van der Waals surface area contributed by atoms with Crippen LogP contribution in [0.1, 0.15) is 31.2 Å². The first-order valence-electron chi connectivity index (χ1n) is 12.4. The Kier molecular flexibility index (Phi) is 10.7. The first kappa shape index (κ1) is 29.0. The fourth-order valence-electron chi connectivity index (χ4n) is 3.71. The summed E-state index contributed by atoms with van der Waals surface area (Å²) in [6.07, 6.45) is 4.97. The Morgan fingerprint density at radius 3 is 2.18 bits per heavy atom. The van der Waals surface area contributed by atoms with Gasteiger partial charge < -0.3 is 19.4 Å². The highest BCUT2D eigenvalue weighted by molar-refractivity contribution is 6.13. The number of hydrogen-bond acceptors (Lipinski definition) is 7. The second-order valence-electron chi connectivity index (χ2n) is 8.85. The Balaban J connectivity index is 0.000000219. The standard InChI is InChI=1S/C18H13NO2.C13H18O5/c1-2-18(20)21-19-12-17-15-9-5-3-7-13(15)11-14-8-4-6-10-16(14)17;1-9(12(14)15)5-3-4-6-17-13(16)10(2)7-11-8-18-11/h2-12H,1H2;11H,1-8H2,(H,14,15). The summed E-state index contributed by atoms with van der Waals surface area (Å²) in [6.45, 7) is 11.4. The van der Waals surface area contributed by atoms with Gasteiger partial charge in [0, 0.05) is 29.2 Å². The summed E-state index contributed by atoms with van der Waals surface area (Å²) in [5.41, 5.74) is 1.53. The van der Waals surface area contributed by atoms with Crippen LogP contribution in [0.5, 0.6) is 0 Å². The minimum atomic E-state index is -0.982. The molecular formula is C31H31NO7. The lowest BCUT2D eigenvalue weighted by atomic mass is 9.97. The molecule has 1 aliphatic rings. The van der Waals surface area contributed by atoms with Crippen LogP contribution in [0.25, 0.3) is 21.5 Å². The monoisotopic (exact) mass is 529 g/mol. The number of carbonyl (C=O) groups excluding carboxylic acids is 2. The molecule has 0 bridgehead atoms. The number of nitrogens with zero attached hydrogens (tertiary/aromatic N) is 1. The fourth-order valence-corrected chi connectivity index (χ4v) is 3.71. The Morgan fingerprint density at radius 1 is 1.00 bits per heavy atom. The molecule has 0 aliphatic carbocycles. The molecule has 0 amide bonds. The number of unbranched alkanes of at least 4 members (excludes halogenated alkanes) is 1. The summed E-state index contributed by atoms with van der Waals surface area (Å²) in [7, 11) is 0. The van der Waals surface area contributed by atoms with E-state index < -0.39 is 17.9 Å². The van der Waals surface area contributed by atoms with E-state index in [1.165, 1.54) is 0 Å². The average molecular weight is 530 g/mol. The summed E-state index contributed by atoms with van der Waals surface area (Å²) in [5, 5.41) is 16.7. The molecular weight excluding hydrogens is 498 g/mol. The number of ether oxygens (including phenoxy) is 2. The molecule has 8 nitrogen and oxygen atoms in total. The smallest absolute Gasteiger partial charge is 0.357 e. The van der Waals surface area contributed by atoms with E-state index in [1.54, 1.807) is 6.21 Å². The van der Waals surface area contributed by atoms with Crippen molar-refractivity contribution < 1.29 is 33.8 Å². The van der Waals surface area contributed by atoms with Gasteiger partial charge in [-0.1, -0.05) is 73.4 Å². The summed E-state index contributed by atoms with van der Waals surface area (Å²) in [5.74, 6) is -1.96. The van der Waals surface area contributed by atoms with Crippen molar-refractivity contribution in [3.8, 4) is 0 Å². The lowest BCUT2D eigenvalue weighted by Crippen LogP contribution is -2.10. The van der Waals surface area contributed by atoms with Crippen LogP contribution in [-0.2, 0) is 28.7 Å². The van der Waals surface area contributed by atoms with E-state index in [9.17, 15) is 14.4 Å². The lowest BCUT2D eigenvalue weighted by Gasteiger charge is -2.07. The van der Waals surface area contributed by atoms with Crippen LogP contribution in [0.3, 0.4) is 0 Å². The van der Waals surface area contributed by atoms with E-state index in [4.69, 9.17) is 19.4 Å². The molecule has 1 heterocycles. The molecule has 1 aliphatic heterocycles. The Morgan fingerprint density at radius 2 is 1.62 bits per heavy atom. The maximum atomic E-state index is 11.4. The van der Waals surface area contributed by atoms with E-state index in [2.05, 4.69) is 43.1 Å². The Hall–Kier alpha value is -4.56. The van der Waals surface area contributed by atoms with Gasteiger partial charge in [0.2, 0.25) is 0 Å². The summed E-state index contributed by atoms with van der Waals surface area (Å²) in [6, 6.07) is 18.2. The predicted molar refractivity (Wildman–Crippen MR) is 150 cm³/mol. The molecule has 202 valence electrons. The van der Waals surface area contributed by atoms with Crippen molar-refractivity contribution in [2.24, 2.45) is 5.16 Å². The highest BCUT2D eigenvalue weighted by atomic mass is 16.7. The highest BCUT2D eigenvalue weighted by Crippen LogP contribution is 2.27. The third-order valence-electron chi connectivity index (χ3n) is 5.88. The molecule has 4 rings (SSSR count). The fraction of sp³-hybridized carbons (Fsp3) is 0.226. The summed E-state index contributed by atoms with van der Waals surface area (Å²) in [4.78, 5) is 37.7. The molecule has 1 N–H and O–H groups in total. The van der Waals surface area contributed by atoms with Crippen LogP contribution in [0.15, 0.2) is 96.7 Å². The van der Waals surface area contributed by atoms with Crippen molar-refractivity contribution in [2.75, 3.05) is 13.2 Å². The molecule has 1 saturated heterocycles. The topological polar surface area (TPSA) is 115 Å². The van der Waals surface area contributed by atoms with E-state index in [1.807, 2.05) is 36.4 Å². The maximum Gasteiger partial charge on any atom is 0.357 e. The van der Waals surface area contributed by atoms with Gasteiger partial charge in [0.1, 0.15) is 0 Å². The number of fused-ring (bicyclic) bond motifs is 2. The predicted octanol–water partition coefficient (Wildman–Crippen LogP) is 5.74. The van der Waals surface area contributed by atoms with Gasteiger partial charge in [-0.2, -0.15) is 0 Å². The van der Waals surface area contributed by atoms with Gasteiger partial charge in [-0.05, 0) is 46.9 Å². The number of carbonyl (C=O) groups is 3. The third kappa shape index (κ3) is 9.05. The normalized spacial score (nSPS) is 13.8. The molecule has 1 atom stereocenters. The molecule has 3 aromatic carbocycles. The molecule has 3 aromatic rings. The van der Waals surface area contributed by atoms with Crippen LogP contribution in [-0.4, -0.2) is 48.5 Å². The van der Waals surface area contributed by atoms with E-state index >= 15 is 0 Å². The molecule has 1 unspecified atom stereocenters. The minimum Gasteiger partial charge on any atom is -0.478 e. The van der Waals surface area contributed by atoms with Gasteiger partial charge in [-0.15, -0.1) is 0 Å². The third-order valence-corrected chi connectivity index (χ3v) is 5.88. The van der Waals surface area contributed by atoms with E-state index in [0.29, 0.717) is 37.9 Å². The molecule has 0 radical (unpaired) electrons. The molecule has 1 fully saturated rings. The highest BCUT2D eigenvalue weighted by Gasteiger charge is 2.25. The number of aliphatic carboxylic acids is 1. The van der Waals surface area contributed by atoms with Crippen LogP contribution in [0.4, 0.5) is 0 Å². The van der Waals surface area contributed by atoms with Gasteiger partial charge >= 0.3 is 17.9 Å². The molecule has 0 saturated carbocycles. The largest absolute Gasteiger partial charge is 0.478 e. The van der Waals surface area contributed by atoms with Crippen LogP contribution >= 0.6 is 0 Å². The van der Waals surface area contributed by atoms with Gasteiger partial charge in [0.05, 0.1) is 25.5 Å². The van der Waals surface area contributed by atoms with Crippen molar-refractivity contribution in [3.05, 3.63) is 97.1 Å². The van der Waals surface area contributed by atoms with Crippen molar-refractivity contribution in [2.45, 2.75) is 31.8 Å². The zero-order valence-corrected chi connectivity index (χ0v) is 21.6. The SMILES string of the molecule is C=C(CCCCOC(=O)C(=C)CC1CO1)C(=O)O.C=CC(=O)ON=Cc1c2ccccc2cc2ccccc12. The van der Waals surface area contributed by atoms with Crippen LogP contribution in [0, 0.1) is 0 Å². The number of epoxide rings is 1. The molecule has 0 aromatic heterocycles. The first-order chi connectivity index (χ1) is 18.8.